The smallest absolute Gasteiger partial charge is 0.335 e. The Hall–Kier alpha value is -3.48. The monoisotopic (exact) mass is 399 g/mol. The minimum absolute atomic E-state index is 0.262. The molecular formula is C24H21N3O3. The van der Waals surface area contributed by atoms with Gasteiger partial charge in [0.2, 0.25) is 0 Å². The third kappa shape index (κ3) is 3.36. The molecule has 4 aromatic rings. The molecule has 0 radical (unpaired) electrons. The van der Waals surface area contributed by atoms with Gasteiger partial charge in [-0.15, -0.1) is 0 Å². The highest BCUT2D eigenvalue weighted by molar-refractivity contribution is 5.95. The second-order valence-corrected chi connectivity index (χ2v) is 7.39. The summed E-state index contributed by atoms with van der Waals surface area (Å²) in [7, 11) is 0. The molecule has 30 heavy (non-hydrogen) atoms. The zero-order valence-corrected chi connectivity index (χ0v) is 16.3. The van der Waals surface area contributed by atoms with Gasteiger partial charge in [0.25, 0.3) is 0 Å². The molecule has 1 aliphatic rings. The van der Waals surface area contributed by atoms with Gasteiger partial charge in [-0.25, -0.2) is 4.79 Å². The van der Waals surface area contributed by atoms with Gasteiger partial charge >= 0.3 is 5.97 Å². The summed E-state index contributed by atoms with van der Waals surface area (Å²) in [5, 5.41) is 14.0. The van der Waals surface area contributed by atoms with E-state index in [0.717, 1.165) is 34.3 Å². The summed E-state index contributed by atoms with van der Waals surface area (Å²) in [4.78, 5) is 15.7. The zero-order valence-electron chi connectivity index (χ0n) is 16.3. The van der Waals surface area contributed by atoms with Gasteiger partial charge in [0.15, 0.2) is 0 Å². The number of benzene rings is 2. The summed E-state index contributed by atoms with van der Waals surface area (Å²) in [6.07, 6.45) is 3.24. The highest BCUT2D eigenvalue weighted by atomic mass is 16.5. The van der Waals surface area contributed by atoms with Gasteiger partial charge < -0.3 is 19.7 Å². The molecule has 6 heteroatoms. The van der Waals surface area contributed by atoms with Crippen LogP contribution in [-0.4, -0.2) is 27.2 Å². The Morgan fingerprint density at radius 3 is 2.90 bits per heavy atom. The molecule has 0 spiro atoms. The summed E-state index contributed by atoms with van der Waals surface area (Å²) >= 11 is 0. The van der Waals surface area contributed by atoms with Crippen molar-refractivity contribution in [3.05, 3.63) is 89.7 Å². The van der Waals surface area contributed by atoms with Crippen LogP contribution in [0.25, 0.3) is 22.2 Å². The van der Waals surface area contributed by atoms with Gasteiger partial charge in [-0.3, -0.25) is 4.98 Å². The van der Waals surface area contributed by atoms with Crippen LogP contribution in [0.4, 0.5) is 0 Å². The number of carboxylic acids is 1. The number of aromatic carboxylic acids is 1. The van der Waals surface area contributed by atoms with Crippen LogP contribution >= 0.6 is 0 Å². The molecule has 0 amide bonds. The van der Waals surface area contributed by atoms with Crippen LogP contribution in [0.3, 0.4) is 0 Å². The quantitative estimate of drug-likeness (QED) is 0.537. The second kappa shape index (κ2) is 7.74. The Balaban J connectivity index is 1.66. The first-order valence-electron chi connectivity index (χ1n) is 9.88. The second-order valence-electron chi connectivity index (χ2n) is 7.39. The fourth-order valence-corrected chi connectivity index (χ4v) is 4.03. The average Bonchev–Trinajstić information content (AvgIpc) is 3.13. The number of ether oxygens (including phenoxy) is 1. The molecule has 1 unspecified atom stereocenters. The van der Waals surface area contributed by atoms with Gasteiger partial charge in [-0.2, -0.15) is 0 Å². The minimum Gasteiger partial charge on any atom is -0.478 e. The lowest BCUT2D eigenvalue weighted by atomic mass is 10.0. The molecule has 1 aliphatic heterocycles. The van der Waals surface area contributed by atoms with Crippen LogP contribution in [0, 0.1) is 0 Å². The minimum atomic E-state index is -0.940. The lowest BCUT2D eigenvalue weighted by Crippen LogP contribution is -2.29. The molecule has 150 valence electrons. The molecule has 3 heterocycles. The van der Waals surface area contributed by atoms with Gasteiger partial charge in [0.1, 0.15) is 6.23 Å². The molecule has 0 saturated heterocycles. The Kier molecular flexibility index (Phi) is 4.78. The van der Waals surface area contributed by atoms with Crippen molar-refractivity contribution < 1.29 is 14.6 Å². The van der Waals surface area contributed by atoms with Crippen molar-refractivity contribution in [2.24, 2.45) is 0 Å². The van der Waals surface area contributed by atoms with Crippen LogP contribution in [-0.2, 0) is 17.9 Å². The molecule has 6 nitrogen and oxygen atoms in total. The molecule has 2 N–H and O–H groups in total. The number of hydrogen-bond acceptors (Lipinski definition) is 4. The predicted molar refractivity (Wildman–Crippen MR) is 114 cm³/mol. The van der Waals surface area contributed by atoms with E-state index in [1.807, 2.05) is 30.3 Å². The molecule has 0 bridgehead atoms. The summed E-state index contributed by atoms with van der Waals surface area (Å²) in [6, 6.07) is 19.5. The number of carboxylic acid groups (broad SMARTS) is 1. The third-order valence-electron chi connectivity index (χ3n) is 5.47. The summed E-state index contributed by atoms with van der Waals surface area (Å²) in [5.74, 6) is -0.940. The maximum Gasteiger partial charge on any atom is 0.335 e. The molecule has 0 saturated carbocycles. The van der Waals surface area contributed by atoms with Crippen LogP contribution < -0.4 is 5.32 Å². The van der Waals surface area contributed by atoms with Crippen molar-refractivity contribution in [1.82, 2.24) is 14.9 Å². The standard InChI is InChI=1S/C24H21N3O3/c28-24(29)18-8-7-17-10-22-20-6-2-1-5-19(20)13-26-14-23(27(22)21(17)11-18)30-15-16-4-3-9-25-12-16/h1-12,23,26H,13-15H2,(H,28,29). The molecule has 0 aliphatic carbocycles. The SMILES string of the molecule is O=C(O)c1ccc2cc3n(c2c1)C(OCc1cccnc1)CNCc1ccccc1-3. The van der Waals surface area contributed by atoms with E-state index in [1.54, 1.807) is 24.5 Å². The van der Waals surface area contributed by atoms with Crippen LogP contribution in [0.2, 0.25) is 0 Å². The van der Waals surface area contributed by atoms with Crippen molar-refractivity contribution in [3.8, 4) is 11.3 Å². The molecule has 2 aromatic carbocycles. The fourth-order valence-electron chi connectivity index (χ4n) is 4.03. The molecule has 1 atom stereocenters. The van der Waals surface area contributed by atoms with E-state index in [9.17, 15) is 9.90 Å². The van der Waals surface area contributed by atoms with Crippen LogP contribution in [0.15, 0.2) is 73.1 Å². The fraction of sp³-hybridized carbons (Fsp3) is 0.167. The predicted octanol–water partition coefficient (Wildman–Crippen LogP) is 4.22. The van der Waals surface area contributed by atoms with E-state index in [0.29, 0.717) is 13.2 Å². The molecular weight excluding hydrogens is 378 g/mol. The van der Waals surface area contributed by atoms with Crippen molar-refractivity contribution in [2.75, 3.05) is 6.54 Å². The van der Waals surface area contributed by atoms with Crippen molar-refractivity contribution in [3.63, 3.8) is 0 Å². The van der Waals surface area contributed by atoms with Crippen molar-refractivity contribution in [2.45, 2.75) is 19.4 Å². The summed E-state index contributed by atoms with van der Waals surface area (Å²) in [5.41, 5.74) is 5.45. The first-order valence-corrected chi connectivity index (χ1v) is 9.88. The van der Waals surface area contributed by atoms with Gasteiger partial charge in [0.05, 0.1) is 23.4 Å². The van der Waals surface area contributed by atoms with E-state index in [2.05, 4.69) is 33.1 Å². The summed E-state index contributed by atoms with van der Waals surface area (Å²) < 4.78 is 8.44. The molecule has 0 fully saturated rings. The zero-order chi connectivity index (χ0) is 20.5. The van der Waals surface area contributed by atoms with Gasteiger partial charge in [-0.1, -0.05) is 36.4 Å². The van der Waals surface area contributed by atoms with E-state index in [1.165, 1.54) is 5.56 Å². The highest BCUT2D eigenvalue weighted by Gasteiger charge is 2.24. The number of pyridine rings is 1. The van der Waals surface area contributed by atoms with E-state index in [4.69, 9.17) is 4.74 Å². The van der Waals surface area contributed by atoms with E-state index >= 15 is 0 Å². The maximum absolute atomic E-state index is 11.6. The highest BCUT2D eigenvalue weighted by Crippen LogP contribution is 2.35. The Morgan fingerprint density at radius 1 is 1.17 bits per heavy atom. The molecule has 2 aromatic heterocycles. The summed E-state index contributed by atoms with van der Waals surface area (Å²) in [6.45, 7) is 1.76. The maximum atomic E-state index is 11.6. The molecule has 5 rings (SSSR count). The van der Waals surface area contributed by atoms with Crippen LogP contribution in [0.5, 0.6) is 0 Å². The Bertz CT molecular complexity index is 1220. The first-order chi connectivity index (χ1) is 14.7. The lowest BCUT2D eigenvalue weighted by Gasteiger charge is -2.27. The third-order valence-corrected chi connectivity index (χ3v) is 5.47. The van der Waals surface area contributed by atoms with E-state index in [-0.39, 0.29) is 11.8 Å². The van der Waals surface area contributed by atoms with Crippen molar-refractivity contribution in [1.29, 1.82) is 0 Å². The number of rotatable bonds is 4. The number of fused-ring (bicyclic) bond motifs is 5. The topological polar surface area (TPSA) is 76.4 Å². The van der Waals surface area contributed by atoms with Gasteiger partial charge in [0, 0.05) is 36.4 Å². The largest absolute Gasteiger partial charge is 0.478 e. The lowest BCUT2D eigenvalue weighted by molar-refractivity contribution is -0.00549. The van der Waals surface area contributed by atoms with Crippen molar-refractivity contribution >= 4 is 16.9 Å². The number of carbonyl (C=O) groups is 1. The van der Waals surface area contributed by atoms with Gasteiger partial charge in [-0.05, 0) is 35.4 Å². The normalized spacial score (nSPS) is 15.8. The number of nitrogens with zero attached hydrogens (tertiary/aromatic N) is 2. The first kappa shape index (κ1) is 18.5. The Labute approximate surface area is 173 Å². The number of aromatic nitrogens is 2. The Morgan fingerprint density at radius 2 is 2.07 bits per heavy atom. The number of nitrogens with one attached hydrogen (secondary N) is 1. The average molecular weight is 399 g/mol. The van der Waals surface area contributed by atoms with Crippen LogP contribution in [0.1, 0.15) is 27.7 Å². The van der Waals surface area contributed by atoms with E-state index < -0.39 is 5.97 Å². The number of hydrogen-bond donors (Lipinski definition) is 2.